The maximum Gasteiger partial charge on any atom is 0.138 e. The molecular weight excluding hydrogens is 234 g/mol. The first-order chi connectivity index (χ1) is 7.90. The van der Waals surface area contributed by atoms with Crippen molar-refractivity contribution < 1.29 is 4.74 Å². The topological polar surface area (TPSA) is 35.2 Å². The number of rotatable bonds is 5. The standard InChI is InChI=1S/C14H22ClNO/c1-9(2)7-10(3)17-14-6-5-12(11(4)16)8-13(14)15/h5-6,8-11H,7,16H2,1-4H3/t10?,11-/m1/s1. The van der Waals surface area contributed by atoms with Crippen molar-refractivity contribution >= 4 is 11.6 Å². The third-order valence-electron chi connectivity index (χ3n) is 2.61. The van der Waals surface area contributed by atoms with Crippen molar-refractivity contribution in [1.29, 1.82) is 0 Å². The molecule has 0 fully saturated rings. The SMILES string of the molecule is CC(C)CC(C)Oc1ccc([C@@H](C)N)cc1Cl. The molecular formula is C14H22ClNO. The molecule has 1 aromatic carbocycles. The predicted octanol–water partition coefficient (Wildman–Crippen LogP) is 4.17. The maximum absolute atomic E-state index is 6.17. The summed E-state index contributed by atoms with van der Waals surface area (Å²) in [6, 6.07) is 5.74. The molecule has 0 amide bonds. The van der Waals surface area contributed by atoms with Gasteiger partial charge in [-0.25, -0.2) is 0 Å². The molecule has 0 aliphatic rings. The van der Waals surface area contributed by atoms with Crippen LogP contribution in [0.1, 0.15) is 45.7 Å². The lowest BCUT2D eigenvalue weighted by Crippen LogP contribution is -2.15. The smallest absolute Gasteiger partial charge is 0.138 e. The average molecular weight is 256 g/mol. The van der Waals surface area contributed by atoms with Crippen LogP contribution in [0.15, 0.2) is 18.2 Å². The van der Waals surface area contributed by atoms with Crippen molar-refractivity contribution in [2.45, 2.75) is 46.3 Å². The van der Waals surface area contributed by atoms with Crippen LogP contribution in [-0.2, 0) is 0 Å². The van der Waals surface area contributed by atoms with Gasteiger partial charge in [-0.1, -0.05) is 31.5 Å². The summed E-state index contributed by atoms with van der Waals surface area (Å²) in [5.41, 5.74) is 6.83. The minimum atomic E-state index is -0.00497. The van der Waals surface area contributed by atoms with Crippen LogP contribution in [0.3, 0.4) is 0 Å². The van der Waals surface area contributed by atoms with E-state index in [1.165, 1.54) is 0 Å². The van der Waals surface area contributed by atoms with Crippen LogP contribution in [0.25, 0.3) is 0 Å². The van der Waals surface area contributed by atoms with Gasteiger partial charge in [0.05, 0.1) is 11.1 Å². The Hall–Kier alpha value is -0.730. The Morgan fingerprint density at radius 2 is 1.88 bits per heavy atom. The van der Waals surface area contributed by atoms with Crippen molar-refractivity contribution in [3.05, 3.63) is 28.8 Å². The van der Waals surface area contributed by atoms with E-state index in [-0.39, 0.29) is 12.1 Å². The molecule has 96 valence electrons. The summed E-state index contributed by atoms with van der Waals surface area (Å²) in [7, 11) is 0. The lowest BCUT2D eigenvalue weighted by molar-refractivity contribution is 0.193. The summed E-state index contributed by atoms with van der Waals surface area (Å²) in [4.78, 5) is 0. The molecule has 0 radical (unpaired) electrons. The molecule has 1 unspecified atom stereocenters. The second-order valence-electron chi connectivity index (χ2n) is 5.04. The molecule has 2 N–H and O–H groups in total. The predicted molar refractivity (Wildman–Crippen MR) is 73.6 cm³/mol. The molecule has 0 aliphatic carbocycles. The third kappa shape index (κ3) is 4.57. The zero-order chi connectivity index (χ0) is 13.0. The summed E-state index contributed by atoms with van der Waals surface area (Å²) in [5.74, 6) is 1.36. The highest BCUT2D eigenvalue weighted by atomic mass is 35.5. The van der Waals surface area contributed by atoms with Gasteiger partial charge in [-0.2, -0.15) is 0 Å². The van der Waals surface area contributed by atoms with E-state index in [0.717, 1.165) is 17.7 Å². The zero-order valence-corrected chi connectivity index (χ0v) is 11.8. The number of halogens is 1. The number of nitrogens with two attached hydrogens (primary N) is 1. The molecule has 2 nitrogen and oxygen atoms in total. The molecule has 2 atom stereocenters. The first-order valence-corrected chi connectivity index (χ1v) is 6.49. The van der Waals surface area contributed by atoms with Gasteiger partial charge in [0, 0.05) is 6.04 Å². The number of hydrogen-bond acceptors (Lipinski definition) is 2. The second kappa shape index (κ2) is 6.27. The highest BCUT2D eigenvalue weighted by molar-refractivity contribution is 6.32. The summed E-state index contributed by atoms with van der Waals surface area (Å²) in [6.45, 7) is 8.37. The number of ether oxygens (including phenoxy) is 1. The van der Waals surface area contributed by atoms with E-state index in [2.05, 4.69) is 20.8 Å². The Kier molecular flexibility index (Phi) is 5.29. The van der Waals surface area contributed by atoms with E-state index in [1.54, 1.807) is 0 Å². The van der Waals surface area contributed by atoms with Gasteiger partial charge >= 0.3 is 0 Å². The average Bonchev–Trinajstić information content (AvgIpc) is 2.19. The van der Waals surface area contributed by atoms with Gasteiger partial charge in [0.15, 0.2) is 0 Å². The molecule has 0 aliphatic heterocycles. The van der Waals surface area contributed by atoms with E-state index in [0.29, 0.717) is 10.9 Å². The van der Waals surface area contributed by atoms with Crippen LogP contribution in [0.5, 0.6) is 5.75 Å². The molecule has 0 bridgehead atoms. The van der Waals surface area contributed by atoms with Crippen LogP contribution in [0.2, 0.25) is 5.02 Å². The van der Waals surface area contributed by atoms with E-state index in [4.69, 9.17) is 22.1 Å². The Labute approximate surface area is 109 Å². The molecule has 0 heterocycles. The second-order valence-corrected chi connectivity index (χ2v) is 5.44. The maximum atomic E-state index is 6.17. The molecule has 17 heavy (non-hydrogen) atoms. The minimum Gasteiger partial charge on any atom is -0.489 e. The summed E-state index contributed by atoms with van der Waals surface area (Å²) in [6.07, 6.45) is 1.19. The zero-order valence-electron chi connectivity index (χ0n) is 11.0. The lowest BCUT2D eigenvalue weighted by atomic mass is 10.1. The van der Waals surface area contributed by atoms with Gasteiger partial charge < -0.3 is 10.5 Å². The number of benzene rings is 1. The monoisotopic (exact) mass is 255 g/mol. The van der Waals surface area contributed by atoms with Gasteiger partial charge in [0.25, 0.3) is 0 Å². The lowest BCUT2D eigenvalue weighted by Gasteiger charge is -2.18. The van der Waals surface area contributed by atoms with E-state index in [9.17, 15) is 0 Å². The molecule has 1 aromatic rings. The Balaban J connectivity index is 2.72. The molecule has 0 saturated heterocycles. The molecule has 0 spiro atoms. The van der Waals surface area contributed by atoms with E-state index < -0.39 is 0 Å². The fourth-order valence-corrected chi connectivity index (χ4v) is 2.06. The van der Waals surface area contributed by atoms with Gasteiger partial charge in [-0.3, -0.25) is 0 Å². The Bertz CT molecular complexity index is 363. The van der Waals surface area contributed by atoms with Crippen LogP contribution in [-0.4, -0.2) is 6.10 Å². The van der Waals surface area contributed by atoms with Gasteiger partial charge in [-0.05, 0) is 43.9 Å². The van der Waals surface area contributed by atoms with Crippen LogP contribution in [0, 0.1) is 5.92 Å². The fraction of sp³-hybridized carbons (Fsp3) is 0.571. The summed E-state index contributed by atoms with van der Waals surface area (Å²) in [5, 5.41) is 0.635. The number of hydrogen-bond donors (Lipinski definition) is 1. The third-order valence-corrected chi connectivity index (χ3v) is 2.91. The van der Waals surface area contributed by atoms with Crippen molar-refractivity contribution in [2.24, 2.45) is 11.7 Å². The first-order valence-electron chi connectivity index (χ1n) is 6.11. The van der Waals surface area contributed by atoms with Crippen LogP contribution in [0.4, 0.5) is 0 Å². The van der Waals surface area contributed by atoms with Crippen molar-refractivity contribution in [1.82, 2.24) is 0 Å². The highest BCUT2D eigenvalue weighted by Crippen LogP contribution is 2.28. The quantitative estimate of drug-likeness (QED) is 0.857. The van der Waals surface area contributed by atoms with Crippen molar-refractivity contribution in [3.8, 4) is 5.75 Å². The Morgan fingerprint density at radius 3 is 2.35 bits per heavy atom. The van der Waals surface area contributed by atoms with Gasteiger partial charge in [0.1, 0.15) is 5.75 Å². The largest absolute Gasteiger partial charge is 0.489 e. The van der Waals surface area contributed by atoms with E-state index in [1.807, 2.05) is 25.1 Å². The molecule has 1 rings (SSSR count). The van der Waals surface area contributed by atoms with Crippen LogP contribution < -0.4 is 10.5 Å². The fourth-order valence-electron chi connectivity index (χ4n) is 1.82. The Morgan fingerprint density at radius 1 is 1.24 bits per heavy atom. The van der Waals surface area contributed by atoms with Crippen LogP contribution >= 0.6 is 11.6 Å². The van der Waals surface area contributed by atoms with Gasteiger partial charge in [0.2, 0.25) is 0 Å². The summed E-state index contributed by atoms with van der Waals surface area (Å²) < 4.78 is 5.82. The van der Waals surface area contributed by atoms with Crippen molar-refractivity contribution in [2.75, 3.05) is 0 Å². The summed E-state index contributed by atoms with van der Waals surface area (Å²) >= 11 is 6.17. The normalized spacial score (nSPS) is 14.8. The van der Waals surface area contributed by atoms with Gasteiger partial charge in [-0.15, -0.1) is 0 Å². The highest BCUT2D eigenvalue weighted by Gasteiger charge is 2.10. The minimum absolute atomic E-state index is 0.00497. The first kappa shape index (κ1) is 14.3. The molecule has 0 saturated carbocycles. The molecule has 3 heteroatoms. The molecule has 0 aromatic heterocycles. The van der Waals surface area contributed by atoms with E-state index >= 15 is 0 Å². The van der Waals surface area contributed by atoms with Crippen molar-refractivity contribution in [3.63, 3.8) is 0 Å².